The van der Waals surface area contributed by atoms with Crippen LogP contribution in [0.3, 0.4) is 0 Å². The summed E-state index contributed by atoms with van der Waals surface area (Å²) in [6.07, 6.45) is 2.22. The van der Waals surface area contributed by atoms with Gasteiger partial charge < -0.3 is 19.5 Å². The summed E-state index contributed by atoms with van der Waals surface area (Å²) in [6.45, 7) is 5.65. The molecule has 0 unspecified atom stereocenters. The number of halogens is 1. The van der Waals surface area contributed by atoms with Gasteiger partial charge in [0.25, 0.3) is 5.91 Å². The number of hydrogen-bond acceptors (Lipinski definition) is 8. The lowest BCUT2D eigenvalue weighted by atomic mass is 10.1. The number of carbonyl (C=O) groups is 3. The molecule has 0 saturated carbocycles. The average molecular weight is 506 g/mol. The van der Waals surface area contributed by atoms with Gasteiger partial charge in [-0.3, -0.25) is 4.79 Å². The van der Waals surface area contributed by atoms with E-state index in [2.05, 4.69) is 10.4 Å². The first-order chi connectivity index (χ1) is 16.3. The molecule has 3 aromatic rings. The Balaban J connectivity index is 1.76. The molecule has 2 heterocycles. The van der Waals surface area contributed by atoms with Gasteiger partial charge in [-0.15, -0.1) is 11.3 Å². The Bertz CT molecular complexity index is 1170. The molecule has 0 fully saturated rings. The van der Waals surface area contributed by atoms with Crippen LogP contribution in [0.2, 0.25) is 5.02 Å². The van der Waals surface area contributed by atoms with Crippen molar-refractivity contribution in [2.24, 2.45) is 0 Å². The minimum atomic E-state index is -0.622. The second-order valence-electron chi connectivity index (χ2n) is 7.04. The molecule has 0 aliphatic rings. The zero-order valence-electron chi connectivity index (χ0n) is 18.9. The van der Waals surface area contributed by atoms with Crippen molar-refractivity contribution in [3.8, 4) is 5.75 Å². The van der Waals surface area contributed by atoms with Gasteiger partial charge in [0.1, 0.15) is 15.6 Å². The molecule has 180 valence electrons. The molecule has 1 amide bonds. The van der Waals surface area contributed by atoms with Gasteiger partial charge in [0.15, 0.2) is 12.4 Å². The fourth-order valence-electron chi connectivity index (χ4n) is 2.90. The van der Waals surface area contributed by atoms with Gasteiger partial charge in [0, 0.05) is 11.2 Å². The van der Waals surface area contributed by atoms with Crippen LogP contribution >= 0.6 is 22.9 Å². The second kappa shape index (κ2) is 11.7. The van der Waals surface area contributed by atoms with Gasteiger partial charge in [-0.2, -0.15) is 5.10 Å². The number of esters is 2. The van der Waals surface area contributed by atoms with Crippen LogP contribution in [0.25, 0.3) is 0 Å². The third kappa shape index (κ3) is 6.15. The molecule has 0 aliphatic heterocycles. The van der Waals surface area contributed by atoms with Gasteiger partial charge in [0.2, 0.25) is 0 Å². The number of amides is 1. The number of benzene rings is 1. The summed E-state index contributed by atoms with van der Waals surface area (Å²) >= 11 is 6.82. The molecule has 1 aromatic carbocycles. The van der Waals surface area contributed by atoms with Crippen LogP contribution in [0.5, 0.6) is 5.75 Å². The minimum absolute atomic E-state index is 0.0780. The minimum Gasteiger partial charge on any atom is -0.471 e. The Morgan fingerprint density at radius 3 is 2.50 bits per heavy atom. The summed E-state index contributed by atoms with van der Waals surface area (Å²) < 4.78 is 17.4. The normalized spacial score (nSPS) is 10.6. The fraction of sp³-hybridized carbons (Fsp3) is 0.304. The zero-order chi connectivity index (χ0) is 24.7. The van der Waals surface area contributed by atoms with Crippen molar-refractivity contribution in [2.75, 3.05) is 18.5 Å². The molecule has 1 N–H and O–H groups in total. The number of anilines is 1. The highest BCUT2D eigenvalue weighted by Gasteiger charge is 2.28. The molecular formula is C23H24ClN3O6S. The quantitative estimate of drug-likeness (QED) is 0.389. The Hall–Kier alpha value is -3.37. The Kier molecular flexibility index (Phi) is 8.67. The van der Waals surface area contributed by atoms with Crippen molar-refractivity contribution in [2.45, 2.75) is 33.9 Å². The van der Waals surface area contributed by atoms with Crippen molar-refractivity contribution >= 4 is 45.8 Å². The maximum absolute atomic E-state index is 12.8. The van der Waals surface area contributed by atoms with Crippen LogP contribution in [-0.2, 0) is 16.2 Å². The van der Waals surface area contributed by atoms with E-state index in [-0.39, 0.29) is 41.1 Å². The van der Waals surface area contributed by atoms with Gasteiger partial charge in [-0.1, -0.05) is 18.5 Å². The topological polar surface area (TPSA) is 109 Å². The first kappa shape index (κ1) is 25.3. The molecule has 34 heavy (non-hydrogen) atoms. The summed E-state index contributed by atoms with van der Waals surface area (Å²) in [4.78, 5) is 38.0. The Morgan fingerprint density at radius 1 is 1.09 bits per heavy atom. The second-order valence-corrected chi connectivity index (χ2v) is 8.50. The maximum atomic E-state index is 12.8. The largest absolute Gasteiger partial charge is 0.471 e. The highest BCUT2D eigenvalue weighted by atomic mass is 35.5. The van der Waals surface area contributed by atoms with E-state index < -0.39 is 17.8 Å². The van der Waals surface area contributed by atoms with Crippen LogP contribution < -0.4 is 10.1 Å². The number of rotatable bonds is 10. The lowest BCUT2D eigenvalue weighted by Gasteiger charge is -2.07. The van der Waals surface area contributed by atoms with E-state index >= 15 is 0 Å². The zero-order valence-corrected chi connectivity index (χ0v) is 20.5. The van der Waals surface area contributed by atoms with Crippen LogP contribution in [-0.4, -0.2) is 40.8 Å². The Morgan fingerprint density at radius 2 is 1.82 bits per heavy atom. The molecule has 3 rings (SSSR count). The van der Waals surface area contributed by atoms with Crippen molar-refractivity contribution in [3.63, 3.8) is 0 Å². The summed E-state index contributed by atoms with van der Waals surface area (Å²) in [5, 5.41) is 7.67. The van der Waals surface area contributed by atoms with Gasteiger partial charge in [0.05, 0.1) is 18.8 Å². The monoisotopic (exact) mass is 505 g/mol. The van der Waals surface area contributed by atoms with Crippen LogP contribution in [0.15, 0.2) is 36.5 Å². The molecule has 0 spiro atoms. The maximum Gasteiger partial charge on any atom is 0.348 e. The standard InChI is InChI=1S/C23H24ClN3O6S/c1-4-12-32-22(29)18-14(3)19(23(30)31-5-2)34-21(18)25-20(28)17-10-11-27(26-17)13-33-16-8-6-15(24)7-9-16/h6-11H,4-5,12-13H2,1-3H3,(H,25,28). The lowest BCUT2D eigenvalue weighted by molar-refractivity contribution is 0.0506. The highest BCUT2D eigenvalue weighted by molar-refractivity contribution is 7.18. The lowest BCUT2D eigenvalue weighted by Crippen LogP contribution is -2.16. The van der Waals surface area contributed by atoms with E-state index in [0.717, 1.165) is 11.3 Å². The molecule has 11 heteroatoms. The van der Waals surface area contributed by atoms with E-state index in [9.17, 15) is 14.4 Å². The van der Waals surface area contributed by atoms with E-state index in [4.69, 9.17) is 25.8 Å². The number of thiophene rings is 1. The molecule has 0 atom stereocenters. The summed E-state index contributed by atoms with van der Waals surface area (Å²) in [5.74, 6) is -1.14. The predicted octanol–water partition coefficient (Wildman–Crippen LogP) is 4.94. The molecule has 0 bridgehead atoms. The third-order valence-electron chi connectivity index (χ3n) is 4.53. The number of nitrogens with one attached hydrogen (secondary N) is 1. The molecular weight excluding hydrogens is 482 g/mol. The first-order valence-electron chi connectivity index (χ1n) is 10.5. The smallest absolute Gasteiger partial charge is 0.348 e. The number of hydrogen-bond donors (Lipinski definition) is 1. The van der Waals surface area contributed by atoms with Crippen LogP contribution in [0.4, 0.5) is 5.00 Å². The number of aromatic nitrogens is 2. The van der Waals surface area contributed by atoms with Crippen LogP contribution in [0, 0.1) is 6.92 Å². The number of ether oxygens (including phenoxy) is 3. The van der Waals surface area contributed by atoms with Gasteiger partial charge >= 0.3 is 11.9 Å². The third-order valence-corrected chi connectivity index (χ3v) is 5.97. The van der Waals surface area contributed by atoms with Crippen LogP contribution in [0.1, 0.15) is 56.3 Å². The fourth-order valence-corrected chi connectivity index (χ4v) is 4.11. The average Bonchev–Trinajstić information content (AvgIpc) is 3.42. The number of nitrogens with zero attached hydrogens (tertiary/aromatic N) is 2. The van der Waals surface area contributed by atoms with Gasteiger partial charge in [-0.05, 0) is 56.2 Å². The van der Waals surface area contributed by atoms with Crippen molar-refractivity contribution in [1.82, 2.24) is 9.78 Å². The highest BCUT2D eigenvalue weighted by Crippen LogP contribution is 2.34. The molecule has 9 nitrogen and oxygen atoms in total. The van der Waals surface area contributed by atoms with Gasteiger partial charge in [-0.25, -0.2) is 14.3 Å². The van der Waals surface area contributed by atoms with Crippen molar-refractivity contribution < 1.29 is 28.6 Å². The molecule has 2 aromatic heterocycles. The number of carbonyl (C=O) groups excluding carboxylic acids is 3. The van der Waals surface area contributed by atoms with E-state index in [1.807, 2.05) is 6.92 Å². The van der Waals surface area contributed by atoms with E-state index in [1.165, 1.54) is 10.7 Å². The first-order valence-corrected chi connectivity index (χ1v) is 11.7. The summed E-state index contributed by atoms with van der Waals surface area (Å²) in [6, 6.07) is 8.37. The Labute approximate surface area is 205 Å². The predicted molar refractivity (Wildman–Crippen MR) is 128 cm³/mol. The SMILES string of the molecule is CCCOC(=O)c1c(NC(=O)c2ccn(COc3ccc(Cl)cc3)n2)sc(C(=O)OCC)c1C. The molecule has 0 radical (unpaired) electrons. The van der Waals surface area contributed by atoms with E-state index in [1.54, 1.807) is 44.3 Å². The van der Waals surface area contributed by atoms with Crippen molar-refractivity contribution in [3.05, 3.63) is 63.2 Å². The molecule has 0 saturated heterocycles. The van der Waals surface area contributed by atoms with E-state index in [0.29, 0.717) is 22.8 Å². The molecule has 0 aliphatic carbocycles. The van der Waals surface area contributed by atoms with Crippen molar-refractivity contribution in [1.29, 1.82) is 0 Å². The summed E-state index contributed by atoms with van der Waals surface area (Å²) in [7, 11) is 0. The summed E-state index contributed by atoms with van der Waals surface area (Å²) in [5.41, 5.74) is 0.624.